The predicted molar refractivity (Wildman–Crippen MR) is 81.1 cm³/mol. The van der Waals surface area contributed by atoms with Gasteiger partial charge in [-0.15, -0.1) is 0 Å². The van der Waals surface area contributed by atoms with Crippen molar-refractivity contribution in [3.05, 3.63) is 34.3 Å². The molecule has 1 aliphatic heterocycles. The van der Waals surface area contributed by atoms with Crippen LogP contribution in [0.5, 0.6) is 0 Å². The van der Waals surface area contributed by atoms with Crippen molar-refractivity contribution in [3.8, 4) is 0 Å². The maximum absolute atomic E-state index is 12.3. The fraction of sp³-hybridized carbons (Fsp3) is 0.533. The zero-order valence-corrected chi connectivity index (χ0v) is 12.9. The normalized spacial score (nSPS) is 18.5. The van der Waals surface area contributed by atoms with Gasteiger partial charge in [-0.1, -0.05) is 28.1 Å². The van der Waals surface area contributed by atoms with Gasteiger partial charge in [-0.25, -0.2) is 0 Å². The molecule has 0 spiro atoms. The fourth-order valence-electron chi connectivity index (χ4n) is 2.52. The van der Waals surface area contributed by atoms with E-state index in [1.165, 1.54) is 12.8 Å². The van der Waals surface area contributed by atoms with Crippen LogP contribution in [-0.2, 0) is 11.2 Å². The van der Waals surface area contributed by atoms with Crippen LogP contribution in [0.15, 0.2) is 28.7 Å². The second kappa shape index (κ2) is 7.06. The Bertz CT molecular complexity index is 430. The van der Waals surface area contributed by atoms with Crippen LogP contribution in [-0.4, -0.2) is 36.5 Å². The zero-order chi connectivity index (χ0) is 13.7. The molecule has 1 heterocycles. The smallest absolute Gasteiger partial charge is 0.227 e. The van der Waals surface area contributed by atoms with E-state index in [2.05, 4.69) is 21.2 Å². The fourth-order valence-corrected chi connectivity index (χ4v) is 2.97. The quantitative estimate of drug-likeness (QED) is 0.902. The number of hydrogen-bond acceptors (Lipinski definition) is 2. The van der Waals surface area contributed by atoms with Gasteiger partial charge in [0, 0.05) is 23.6 Å². The summed E-state index contributed by atoms with van der Waals surface area (Å²) in [5.41, 5.74) is 1.07. The molecule has 1 aromatic carbocycles. The molecule has 1 aromatic rings. The number of benzene rings is 1. The summed E-state index contributed by atoms with van der Waals surface area (Å²) in [6, 6.07) is 8.45. The van der Waals surface area contributed by atoms with E-state index in [0.717, 1.165) is 29.7 Å². The van der Waals surface area contributed by atoms with Crippen molar-refractivity contribution in [2.24, 2.45) is 0 Å². The Morgan fingerprint density at radius 2 is 2.37 bits per heavy atom. The Kier molecular flexibility index (Phi) is 5.40. The summed E-state index contributed by atoms with van der Waals surface area (Å²) in [5.74, 6) is 0.217. The molecule has 4 heteroatoms. The van der Waals surface area contributed by atoms with Gasteiger partial charge in [-0.05, 0) is 44.0 Å². The van der Waals surface area contributed by atoms with E-state index < -0.39 is 0 Å². The summed E-state index contributed by atoms with van der Waals surface area (Å²) >= 11 is 3.44. The van der Waals surface area contributed by atoms with Gasteiger partial charge in [0.2, 0.25) is 5.91 Å². The molecule has 0 saturated carbocycles. The van der Waals surface area contributed by atoms with Gasteiger partial charge in [0.25, 0.3) is 0 Å². The van der Waals surface area contributed by atoms with Crippen molar-refractivity contribution >= 4 is 21.8 Å². The van der Waals surface area contributed by atoms with Crippen LogP contribution in [0.1, 0.15) is 25.3 Å². The van der Waals surface area contributed by atoms with E-state index in [4.69, 9.17) is 0 Å². The molecule has 19 heavy (non-hydrogen) atoms. The molecule has 0 aliphatic carbocycles. The molecule has 1 saturated heterocycles. The van der Waals surface area contributed by atoms with Gasteiger partial charge in [-0.3, -0.25) is 4.79 Å². The van der Waals surface area contributed by atoms with E-state index >= 15 is 0 Å². The molecular formula is C15H21BrN2O. The highest BCUT2D eigenvalue weighted by Gasteiger charge is 2.20. The summed E-state index contributed by atoms with van der Waals surface area (Å²) in [4.78, 5) is 14.3. The lowest BCUT2D eigenvalue weighted by Crippen LogP contribution is -2.41. The van der Waals surface area contributed by atoms with Crippen LogP contribution < -0.4 is 5.32 Å². The first-order valence-corrected chi connectivity index (χ1v) is 7.74. The number of nitrogens with one attached hydrogen (secondary N) is 1. The number of carbonyl (C=O) groups excluding carboxylic acids is 1. The maximum Gasteiger partial charge on any atom is 0.227 e. The minimum Gasteiger partial charge on any atom is -0.341 e. The van der Waals surface area contributed by atoms with Crippen molar-refractivity contribution in [3.63, 3.8) is 0 Å². The maximum atomic E-state index is 12.3. The van der Waals surface area contributed by atoms with Crippen LogP contribution in [0, 0.1) is 0 Å². The van der Waals surface area contributed by atoms with Crippen molar-refractivity contribution in [1.29, 1.82) is 0 Å². The minimum atomic E-state index is 0.217. The average molecular weight is 325 g/mol. The van der Waals surface area contributed by atoms with E-state index in [1.807, 2.05) is 36.1 Å². The molecule has 1 amide bonds. The summed E-state index contributed by atoms with van der Waals surface area (Å²) in [6.45, 7) is 4.75. The molecule has 1 atom stereocenters. The van der Waals surface area contributed by atoms with Crippen molar-refractivity contribution in [2.75, 3.05) is 19.6 Å². The number of carbonyl (C=O) groups is 1. The highest BCUT2D eigenvalue weighted by Crippen LogP contribution is 2.13. The molecule has 0 radical (unpaired) electrons. The Morgan fingerprint density at radius 3 is 3.00 bits per heavy atom. The number of amides is 1. The zero-order valence-electron chi connectivity index (χ0n) is 11.4. The minimum absolute atomic E-state index is 0.217. The number of hydrogen-bond donors (Lipinski definition) is 1. The third-order valence-corrected chi connectivity index (χ3v) is 4.08. The van der Waals surface area contributed by atoms with Crippen LogP contribution >= 0.6 is 15.9 Å². The number of halogens is 1. The van der Waals surface area contributed by atoms with Crippen LogP contribution in [0.25, 0.3) is 0 Å². The van der Waals surface area contributed by atoms with Gasteiger partial charge in [-0.2, -0.15) is 0 Å². The number of likely N-dealkylation sites (N-methyl/N-ethyl adjacent to an activating group) is 1. The molecule has 0 bridgehead atoms. The first kappa shape index (κ1) is 14.5. The summed E-state index contributed by atoms with van der Waals surface area (Å²) in [6.07, 6.45) is 2.89. The lowest BCUT2D eigenvalue weighted by Gasteiger charge is -2.24. The number of rotatable bonds is 5. The Hall–Kier alpha value is -0.870. The molecule has 1 unspecified atom stereocenters. The summed E-state index contributed by atoms with van der Waals surface area (Å²) < 4.78 is 1.03. The molecule has 3 nitrogen and oxygen atoms in total. The standard InChI is InChI=1S/C15H21BrN2O/c1-2-18(11-14-7-4-8-17-14)15(19)10-12-5-3-6-13(16)9-12/h3,5-6,9,14,17H,2,4,7-8,10-11H2,1H3. The van der Waals surface area contributed by atoms with E-state index in [-0.39, 0.29) is 5.91 Å². The highest BCUT2D eigenvalue weighted by molar-refractivity contribution is 9.10. The average Bonchev–Trinajstić information content (AvgIpc) is 2.88. The largest absolute Gasteiger partial charge is 0.341 e. The van der Waals surface area contributed by atoms with Gasteiger partial charge in [0.15, 0.2) is 0 Å². The molecule has 1 N–H and O–H groups in total. The van der Waals surface area contributed by atoms with E-state index in [1.54, 1.807) is 0 Å². The predicted octanol–water partition coefficient (Wildman–Crippen LogP) is 2.59. The summed E-state index contributed by atoms with van der Waals surface area (Å²) in [7, 11) is 0. The first-order valence-electron chi connectivity index (χ1n) is 6.94. The molecule has 104 valence electrons. The Balaban J connectivity index is 1.92. The third-order valence-electron chi connectivity index (χ3n) is 3.58. The molecule has 1 fully saturated rings. The Labute approximate surface area is 123 Å². The van der Waals surface area contributed by atoms with Crippen molar-refractivity contribution in [2.45, 2.75) is 32.2 Å². The molecule has 2 rings (SSSR count). The van der Waals surface area contributed by atoms with Gasteiger partial charge >= 0.3 is 0 Å². The summed E-state index contributed by atoms with van der Waals surface area (Å²) in [5, 5.41) is 3.45. The first-order chi connectivity index (χ1) is 9.19. The monoisotopic (exact) mass is 324 g/mol. The molecule has 0 aromatic heterocycles. The van der Waals surface area contributed by atoms with E-state index in [9.17, 15) is 4.79 Å². The molecule has 1 aliphatic rings. The number of nitrogens with zero attached hydrogens (tertiary/aromatic N) is 1. The van der Waals surface area contributed by atoms with Gasteiger partial charge in [0.05, 0.1) is 6.42 Å². The topological polar surface area (TPSA) is 32.3 Å². The second-order valence-electron chi connectivity index (χ2n) is 5.03. The third kappa shape index (κ3) is 4.32. The lowest BCUT2D eigenvalue weighted by atomic mass is 10.1. The highest BCUT2D eigenvalue weighted by atomic mass is 79.9. The van der Waals surface area contributed by atoms with Gasteiger partial charge in [0.1, 0.15) is 0 Å². The SMILES string of the molecule is CCN(CC1CCCN1)C(=O)Cc1cccc(Br)c1. The van der Waals surface area contributed by atoms with Crippen LogP contribution in [0.3, 0.4) is 0 Å². The lowest BCUT2D eigenvalue weighted by molar-refractivity contribution is -0.130. The van der Waals surface area contributed by atoms with Crippen LogP contribution in [0.4, 0.5) is 0 Å². The van der Waals surface area contributed by atoms with Crippen LogP contribution in [0.2, 0.25) is 0 Å². The van der Waals surface area contributed by atoms with Gasteiger partial charge < -0.3 is 10.2 Å². The van der Waals surface area contributed by atoms with Crippen molar-refractivity contribution in [1.82, 2.24) is 10.2 Å². The Morgan fingerprint density at radius 1 is 1.53 bits per heavy atom. The second-order valence-corrected chi connectivity index (χ2v) is 5.95. The van der Waals surface area contributed by atoms with Crippen molar-refractivity contribution < 1.29 is 4.79 Å². The molecular weight excluding hydrogens is 304 g/mol. The van der Waals surface area contributed by atoms with E-state index in [0.29, 0.717) is 12.5 Å².